The Morgan fingerprint density at radius 2 is 1.88 bits per heavy atom. The number of carbonyl (C=O) groups excluding carboxylic acids is 1. The van der Waals surface area contributed by atoms with Crippen LogP contribution in [0.25, 0.3) is 0 Å². The minimum Gasteiger partial charge on any atom is -0.289 e. The molecular formula is C13H15NO3. The molecule has 0 aliphatic rings. The van der Waals surface area contributed by atoms with Gasteiger partial charge in [0.15, 0.2) is 5.78 Å². The van der Waals surface area contributed by atoms with Crippen LogP contribution in [0.3, 0.4) is 0 Å². The molecule has 0 amide bonds. The second kappa shape index (κ2) is 5.94. The fourth-order valence-electron chi connectivity index (χ4n) is 1.56. The molecule has 1 aromatic carbocycles. The first kappa shape index (κ1) is 13.1. The lowest BCUT2D eigenvalue weighted by atomic mass is 10.0. The molecule has 0 saturated carbocycles. The van der Waals surface area contributed by atoms with Gasteiger partial charge in [-0.1, -0.05) is 19.9 Å². The molecule has 1 rings (SSSR count). The van der Waals surface area contributed by atoms with Crippen LogP contribution >= 0.6 is 0 Å². The molecule has 0 aliphatic heterocycles. The van der Waals surface area contributed by atoms with Crippen molar-refractivity contribution in [1.82, 2.24) is 0 Å². The highest BCUT2D eigenvalue weighted by Crippen LogP contribution is 2.16. The lowest BCUT2D eigenvalue weighted by Gasteiger charge is -2.03. The molecule has 0 heterocycles. The molecule has 0 saturated heterocycles. The molecule has 0 atom stereocenters. The molecule has 90 valence electrons. The van der Waals surface area contributed by atoms with E-state index in [4.69, 9.17) is 0 Å². The van der Waals surface area contributed by atoms with Gasteiger partial charge in [-0.3, -0.25) is 14.9 Å². The van der Waals surface area contributed by atoms with Crippen LogP contribution in [0.4, 0.5) is 5.69 Å². The maximum atomic E-state index is 12.0. The largest absolute Gasteiger partial charge is 0.289 e. The first-order chi connectivity index (χ1) is 8.10. The highest BCUT2D eigenvalue weighted by molar-refractivity contribution is 6.08. The van der Waals surface area contributed by atoms with Gasteiger partial charge in [0, 0.05) is 17.7 Å². The quantitative estimate of drug-likeness (QED) is 0.338. The van der Waals surface area contributed by atoms with E-state index in [1.165, 1.54) is 24.3 Å². The topological polar surface area (TPSA) is 60.2 Å². The smallest absolute Gasteiger partial charge is 0.269 e. The lowest BCUT2D eigenvalue weighted by molar-refractivity contribution is -0.384. The van der Waals surface area contributed by atoms with Crippen molar-refractivity contribution in [2.75, 3.05) is 0 Å². The van der Waals surface area contributed by atoms with E-state index < -0.39 is 4.92 Å². The Kier molecular flexibility index (Phi) is 4.57. The van der Waals surface area contributed by atoms with Crippen LogP contribution < -0.4 is 0 Å². The van der Waals surface area contributed by atoms with Crippen LogP contribution in [0.5, 0.6) is 0 Å². The third-order valence-corrected chi connectivity index (χ3v) is 2.46. The Balaban J connectivity index is 2.97. The SMILES string of the molecule is CC/C=C(\CC)C(=O)c1ccc([N+](=O)[O-])cc1. The zero-order valence-corrected chi connectivity index (χ0v) is 9.97. The van der Waals surface area contributed by atoms with Crippen molar-refractivity contribution in [2.24, 2.45) is 0 Å². The van der Waals surface area contributed by atoms with E-state index in [0.717, 1.165) is 12.0 Å². The van der Waals surface area contributed by atoms with Crippen LogP contribution in [0, 0.1) is 10.1 Å². The average Bonchev–Trinajstić information content (AvgIpc) is 2.35. The lowest BCUT2D eigenvalue weighted by Crippen LogP contribution is -2.03. The molecule has 0 spiro atoms. The van der Waals surface area contributed by atoms with Gasteiger partial charge >= 0.3 is 0 Å². The van der Waals surface area contributed by atoms with Gasteiger partial charge in [-0.05, 0) is 30.5 Å². The molecule has 0 bridgehead atoms. The Hall–Kier alpha value is -1.97. The van der Waals surface area contributed by atoms with E-state index in [-0.39, 0.29) is 11.5 Å². The number of hydrogen-bond acceptors (Lipinski definition) is 3. The predicted molar refractivity (Wildman–Crippen MR) is 66.1 cm³/mol. The Morgan fingerprint density at radius 1 is 1.29 bits per heavy atom. The fourth-order valence-corrected chi connectivity index (χ4v) is 1.56. The number of non-ortho nitro benzene ring substituents is 1. The maximum Gasteiger partial charge on any atom is 0.269 e. The summed E-state index contributed by atoms with van der Waals surface area (Å²) >= 11 is 0. The number of nitro benzene ring substituents is 1. The summed E-state index contributed by atoms with van der Waals surface area (Å²) in [6.07, 6.45) is 3.37. The van der Waals surface area contributed by atoms with E-state index in [2.05, 4.69) is 0 Å². The summed E-state index contributed by atoms with van der Waals surface area (Å²) in [7, 11) is 0. The Bertz CT molecular complexity index is 446. The summed E-state index contributed by atoms with van der Waals surface area (Å²) in [5, 5.41) is 10.5. The second-order valence-electron chi connectivity index (χ2n) is 3.62. The molecule has 1 aromatic rings. The van der Waals surface area contributed by atoms with E-state index >= 15 is 0 Å². The molecule has 4 heteroatoms. The van der Waals surface area contributed by atoms with Crippen molar-refractivity contribution in [3.63, 3.8) is 0 Å². The van der Waals surface area contributed by atoms with Crippen LogP contribution in [0.1, 0.15) is 37.0 Å². The minimum absolute atomic E-state index is 0.000861. The molecule has 0 aliphatic carbocycles. The summed E-state index contributed by atoms with van der Waals surface area (Å²) in [4.78, 5) is 22.0. The van der Waals surface area contributed by atoms with Gasteiger partial charge < -0.3 is 0 Å². The van der Waals surface area contributed by atoms with E-state index in [1.54, 1.807) is 0 Å². The van der Waals surface area contributed by atoms with Gasteiger partial charge in [0.25, 0.3) is 5.69 Å². The van der Waals surface area contributed by atoms with Crippen molar-refractivity contribution in [1.29, 1.82) is 0 Å². The van der Waals surface area contributed by atoms with Crippen LogP contribution in [-0.2, 0) is 0 Å². The number of nitrogens with zero attached hydrogens (tertiary/aromatic N) is 1. The maximum absolute atomic E-state index is 12.0. The number of allylic oxidation sites excluding steroid dienone is 2. The van der Waals surface area contributed by atoms with E-state index in [9.17, 15) is 14.9 Å². The number of carbonyl (C=O) groups is 1. The number of ketones is 1. The third kappa shape index (κ3) is 3.24. The first-order valence-corrected chi connectivity index (χ1v) is 5.58. The highest BCUT2D eigenvalue weighted by Gasteiger charge is 2.12. The highest BCUT2D eigenvalue weighted by atomic mass is 16.6. The van der Waals surface area contributed by atoms with E-state index in [1.807, 2.05) is 19.9 Å². The van der Waals surface area contributed by atoms with Gasteiger partial charge in [0.2, 0.25) is 0 Å². The van der Waals surface area contributed by atoms with Crippen molar-refractivity contribution >= 4 is 11.5 Å². The minimum atomic E-state index is -0.475. The zero-order valence-electron chi connectivity index (χ0n) is 9.97. The molecule has 0 radical (unpaired) electrons. The Morgan fingerprint density at radius 3 is 2.29 bits per heavy atom. The summed E-state index contributed by atoms with van der Waals surface area (Å²) in [6.45, 7) is 3.89. The third-order valence-electron chi connectivity index (χ3n) is 2.46. The van der Waals surface area contributed by atoms with Crippen LogP contribution in [0.2, 0.25) is 0 Å². The van der Waals surface area contributed by atoms with Crippen LogP contribution in [-0.4, -0.2) is 10.7 Å². The Labute approximate surface area is 100 Å². The number of benzene rings is 1. The summed E-state index contributed by atoms with van der Waals surface area (Å²) in [5.74, 6) is -0.0516. The summed E-state index contributed by atoms with van der Waals surface area (Å²) in [5.41, 5.74) is 1.25. The average molecular weight is 233 g/mol. The first-order valence-electron chi connectivity index (χ1n) is 5.58. The molecule has 17 heavy (non-hydrogen) atoms. The predicted octanol–water partition coefficient (Wildman–Crippen LogP) is 3.52. The standard InChI is InChI=1S/C13H15NO3/c1-3-5-10(4-2)13(15)11-6-8-12(9-7-11)14(16)17/h5-9H,3-4H2,1-2H3/b10-5+. The molecule has 4 nitrogen and oxygen atoms in total. The monoisotopic (exact) mass is 233 g/mol. The molecule has 0 N–H and O–H groups in total. The summed E-state index contributed by atoms with van der Waals surface area (Å²) in [6, 6.07) is 5.71. The zero-order chi connectivity index (χ0) is 12.8. The van der Waals surface area contributed by atoms with Gasteiger partial charge in [0.05, 0.1) is 4.92 Å². The number of rotatable bonds is 5. The number of hydrogen-bond donors (Lipinski definition) is 0. The molecular weight excluding hydrogens is 218 g/mol. The fraction of sp³-hybridized carbons (Fsp3) is 0.308. The van der Waals surface area contributed by atoms with Crippen molar-refractivity contribution in [3.05, 3.63) is 51.6 Å². The molecule has 0 fully saturated rings. The number of Topliss-reactive ketones (excluding diaryl/α,β-unsaturated/α-hetero) is 1. The van der Waals surface area contributed by atoms with Gasteiger partial charge in [-0.15, -0.1) is 0 Å². The van der Waals surface area contributed by atoms with Gasteiger partial charge in [-0.2, -0.15) is 0 Å². The normalized spacial score (nSPS) is 11.3. The van der Waals surface area contributed by atoms with Gasteiger partial charge in [0.1, 0.15) is 0 Å². The second-order valence-corrected chi connectivity index (χ2v) is 3.62. The van der Waals surface area contributed by atoms with Gasteiger partial charge in [-0.25, -0.2) is 0 Å². The van der Waals surface area contributed by atoms with Crippen molar-refractivity contribution < 1.29 is 9.72 Å². The molecule has 0 unspecified atom stereocenters. The van der Waals surface area contributed by atoms with Crippen LogP contribution in [0.15, 0.2) is 35.9 Å². The van der Waals surface area contributed by atoms with Crippen molar-refractivity contribution in [3.8, 4) is 0 Å². The van der Waals surface area contributed by atoms with E-state index in [0.29, 0.717) is 12.0 Å². The summed E-state index contributed by atoms with van der Waals surface area (Å²) < 4.78 is 0. The van der Waals surface area contributed by atoms with Crippen molar-refractivity contribution in [2.45, 2.75) is 26.7 Å². The molecule has 0 aromatic heterocycles. The number of nitro groups is 1.